The van der Waals surface area contributed by atoms with Crippen LogP contribution in [-0.2, 0) is 18.9 Å². The maximum absolute atomic E-state index is 12.9. The number of carbonyl (C=O) groups excluding carboxylic acids is 1. The molecule has 2 aromatic carbocycles. The zero-order valence-corrected chi connectivity index (χ0v) is 15.3. The number of carbonyl (C=O) groups is 1. The van der Waals surface area contributed by atoms with Gasteiger partial charge in [-0.15, -0.1) is 5.10 Å². The minimum Gasteiger partial charge on any atom is -0.345 e. The highest BCUT2D eigenvalue weighted by atomic mass is 35.5. The van der Waals surface area contributed by atoms with E-state index in [9.17, 15) is 31.1 Å². The molecule has 0 aliphatic carbocycles. The van der Waals surface area contributed by atoms with Crippen molar-refractivity contribution in [1.82, 2.24) is 25.5 Å². The molecule has 0 unspecified atom stereocenters. The smallest absolute Gasteiger partial charge is 0.345 e. The Morgan fingerprint density at radius 3 is 2.07 bits per heavy atom. The lowest BCUT2D eigenvalue weighted by molar-refractivity contribution is -0.143. The van der Waals surface area contributed by atoms with Gasteiger partial charge in [0.25, 0.3) is 5.91 Å². The largest absolute Gasteiger partial charge is 0.416 e. The molecule has 0 saturated carbocycles. The van der Waals surface area contributed by atoms with Crippen LogP contribution in [0, 0.1) is 0 Å². The third-order valence-electron chi connectivity index (χ3n) is 3.86. The molecule has 0 bridgehead atoms. The number of aromatic nitrogens is 4. The van der Waals surface area contributed by atoms with E-state index in [1.807, 2.05) is 0 Å². The van der Waals surface area contributed by atoms with Crippen LogP contribution in [0.5, 0.6) is 0 Å². The summed E-state index contributed by atoms with van der Waals surface area (Å²) in [7, 11) is 0. The van der Waals surface area contributed by atoms with E-state index < -0.39 is 35.0 Å². The van der Waals surface area contributed by atoms with Crippen molar-refractivity contribution < 1.29 is 31.1 Å². The second kappa shape index (κ2) is 7.94. The Morgan fingerprint density at radius 2 is 1.53 bits per heavy atom. The number of hydrogen-bond donors (Lipinski definition) is 1. The molecule has 6 nitrogen and oxygen atoms in total. The number of benzene rings is 2. The van der Waals surface area contributed by atoms with Gasteiger partial charge in [0.05, 0.1) is 23.4 Å². The highest BCUT2D eigenvalue weighted by molar-refractivity contribution is 6.30. The van der Waals surface area contributed by atoms with Crippen molar-refractivity contribution in [1.29, 1.82) is 0 Å². The van der Waals surface area contributed by atoms with Gasteiger partial charge in [0.2, 0.25) is 0 Å². The van der Waals surface area contributed by atoms with Gasteiger partial charge in [0.1, 0.15) is 0 Å². The summed E-state index contributed by atoms with van der Waals surface area (Å²) in [5.41, 5.74) is -3.50. The summed E-state index contributed by atoms with van der Waals surface area (Å²) >= 11 is 5.79. The Kier molecular flexibility index (Phi) is 5.70. The van der Waals surface area contributed by atoms with Crippen LogP contribution in [0.3, 0.4) is 0 Å². The Bertz CT molecular complexity index is 1030. The molecule has 1 heterocycles. The van der Waals surface area contributed by atoms with E-state index in [1.165, 1.54) is 4.68 Å². The topological polar surface area (TPSA) is 72.7 Å². The molecule has 158 valence electrons. The average Bonchev–Trinajstić information content (AvgIpc) is 3.13. The summed E-state index contributed by atoms with van der Waals surface area (Å²) in [6.07, 6.45) is -10.1. The van der Waals surface area contributed by atoms with Gasteiger partial charge in [-0.1, -0.05) is 11.6 Å². The first kappa shape index (κ1) is 21.6. The summed E-state index contributed by atoms with van der Waals surface area (Å²) in [4.78, 5) is 12.2. The van der Waals surface area contributed by atoms with Gasteiger partial charge >= 0.3 is 12.4 Å². The van der Waals surface area contributed by atoms with Crippen molar-refractivity contribution in [3.8, 4) is 5.69 Å². The second-order valence-electron chi connectivity index (χ2n) is 5.96. The molecule has 0 saturated heterocycles. The summed E-state index contributed by atoms with van der Waals surface area (Å²) in [5, 5.41) is 13.5. The Labute approximate surface area is 169 Å². The Balaban J connectivity index is 1.84. The standard InChI is InChI=1S/C17H10ClF6N5O/c18-12-1-3-13(4-2-12)29-14(26-27-28-29)8-25-15(30)9-5-10(16(19,20)21)7-11(6-9)17(22,23)24/h1-7H,8H2,(H,25,30). The van der Waals surface area contributed by atoms with Crippen molar-refractivity contribution in [2.75, 3.05) is 0 Å². The van der Waals surface area contributed by atoms with E-state index in [4.69, 9.17) is 11.6 Å². The van der Waals surface area contributed by atoms with Crippen molar-refractivity contribution in [2.45, 2.75) is 18.9 Å². The van der Waals surface area contributed by atoms with Gasteiger partial charge < -0.3 is 5.32 Å². The van der Waals surface area contributed by atoms with Crippen LogP contribution in [0.1, 0.15) is 27.3 Å². The van der Waals surface area contributed by atoms with Crippen LogP contribution in [0.4, 0.5) is 26.3 Å². The molecule has 30 heavy (non-hydrogen) atoms. The van der Waals surface area contributed by atoms with Crippen LogP contribution in [0.15, 0.2) is 42.5 Å². The van der Waals surface area contributed by atoms with Crippen molar-refractivity contribution in [2.24, 2.45) is 0 Å². The number of nitrogens with zero attached hydrogens (tertiary/aromatic N) is 4. The predicted octanol–water partition coefficient (Wildman–Crippen LogP) is 4.28. The van der Waals surface area contributed by atoms with Crippen LogP contribution < -0.4 is 5.32 Å². The van der Waals surface area contributed by atoms with E-state index in [-0.39, 0.29) is 18.4 Å². The van der Waals surface area contributed by atoms with Crippen LogP contribution >= 0.6 is 11.6 Å². The third kappa shape index (κ3) is 4.87. The third-order valence-corrected chi connectivity index (χ3v) is 4.11. The molecule has 0 aliphatic rings. The molecule has 1 N–H and O–H groups in total. The number of nitrogens with one attached hydrogen (secondary N) is 1. The average molecular weight is 450 g/mol. The molecule has 3 rings (SSSR count). The molecule has 0 aliphatic heterocycles. The fourth-order valence-corrected chi connectivity index (χ4v) is 2.57. The first-order chi connectivity index (χ1) is 13.9. The normalized spacial score (nSPS) is 12.1. The van der Waals surface area contributed by atoms with E-state index in [0.717, 1.165) is 0 Å². The van der Waals surface area contributed by atoms with Crippen LogP contribution in [0.25, 0.3) is 5.69 Å². The summed E-state index contributed by atoms with van der Waals surface area (Å²) < 4.78 is 78.9. The fourth-order valence-electron chi connectivity index (χ4n) is 2.45. The maximum atomic E-state index is 12.9. The molecule has 0 spiro atoms. The number of rotatable bonds is 4. The van der Waals surface area contributed by atoms with E-state index >= 15 is 0 Å². The first-order valence-corrected chi connectivity index (χ1v) is 8.44. The van der Waals surface area contributed by atoms with Crippen molar-refractivity contribution in [3.63, 3.8) is 0 Å². The minimum atomic E-state index is -5.06. The number of hydrogen-bond acceptors (Lipinski definition) is 4. The van der Waals surface area contributed by atoms with Gasteiger partial charge in [0.15, 0.2) is 5.82 Å². The van der Waals surface area contributed by atoms with Gasteiger partial charge in [-0.3, -0.25) is 4.79 Å². The number of tetrazole rings is 1. The van der Waals surface area contributed by atoms with E-state index in [2.05, 4.69) is 20.8 Å². The molecule has 0 radical (unpaired) electrons. The maximum Gasteiger partial charge on any atom is 0.416 e. The first-order valence-electron chi connectivity index (χ1n) is 8.06. The summed E-state index contributed by atoms with van der Waals surface area (Å²) in [6, 6.07) is 6.89. The monoisotopic (exact) mass is 449 g/mol. The van der Waals surface area contributed by atoms with Gasteiger partial charge in [-0.05, 0) is 52.9 Å². The fraction of sp³-hybridized carbons (Fsp3) is 0.176. The highest BCUT2D eigenvalue weighted by Gasteiger charge is 2.37. The lowest BCUT2D eigenvalue weighted by Crippen LogP contribution is -2.26. The van der Waals surface area contributed by atoms with Crippen molar-refractivity contribution in [3.05, 3.63) is 70.0 Å². The van der Waals surface area contributed by atoms with E-state index in [0.29, 0.717) is 22.8 Å². The SMILES string of the molecule is O=C(NCc1nnnn1-c1ccc(Cl)cc1)c1cc(C(F)(F)F)cc(C(F)(F)F)c1. The molecule has 3 aromatic rings. The molecule has 1 amide bonds. The zero-order valence-electron chi connectivity index (χ0n) is 14.6. The lowest BCUT2D eigenvalue weighted by Gasteiger charge is -2.14. The number of halogens is 7. The van der Waals surface area contributed by atoms with Crippen molar-refractivity contribution >= 4 is 17.5 Å². The number of amides is 1. The van der Waals surface area contributed by atoms with Gasteiger partial charge in [-0.25, -0.2) is 0 Å². The van der Waals surface area contributed by atoms with E-state index in [1.54, 1.807) is 24.3 Å². The van der Waals surface area contributed by atoms with Crippen LogP contribution in [0.2, 0.25) is 5.02 Å². The highest BCUT2D eigenvalue weighted by Crippen LogP contribution is 2.36. The quantitative estimate of drug-likeness (QED) is 0.603. The Morgan fingerprint density at radius 1 is 0.967 bits per heavy atom. The molecular formula is C17H10ClF6N5O. The van der Waals surface area contributed by atoms with Crippen LogP contribution in [-0.4, -0.2) is 26.1 Å². The zero-order chi connectivity index (χ0) is 22.1. The van der Waals surface area contributed by atoms with Gasteiger partial charge in [0, 0.05) is 10.6 Å². The predicted molar refractivity (Wildman–Crippen MR) is 91.8 cm³/mol. The number of alkyl halides is 6. The molecular weight excluding hydrogens is 440 g/mol. The molecule has 0 fully saturated rings. The Hall–Kier alpha value is -3.15. The molecule has 13 heteroatoms. The second-order valence-corrected chi connectivity index (χ2v) is 6.40. The lowest BCUT2D eigenvalue weighted by atomic mass is 10.0. The minimum absolute atomic E-state index is 0.0577. The summed E-state index contributed by atoms with van der Waals surface area (Å²) in [5.74, 6) is -1.06. The molecule has 0 atom stereocenters. The summed E-state index contributed by atoms with van der Waals surface area (Å²) in [6.45, 7) is -0.355. The van der Waals surface area contributed by atoms with Gasteiger partial charge in [-0.2, -0.15) is 31.0 Å². The molecule has 1 aromatic heterocycles.